The second-order valence-electron chi connectivity index (χ2n) is 7.01. The Labute approximate surface area is 148 Å². The number of rotatable bonds is 8. The van der Waals surface area contributed by atoms with Gasteiger partial charge in [0.15, 0.2) is 0 Å². The number of amides is 2. The van der Waals surface area contributed by atoms with Gasteiger partial charge in [0.1, 0.15) is 12.7 Å². The molecule has 0 fully saturated rings. The summed E-state index contributed by atoms with van der Waals surface area (Å²) in [6, 6.07) is 8.49. The molecule has 7 nitrogen and oxygen atoms in total. The van der Waals surface area contributed by atoms with Crippen LogP contribution in [0.3, 0.4) is 0 Å². The monoisotopic (exact) mass is 351 g/mol. The molecule has 0 bridgehead atoms. The molecule has 1 aromatic carbocycles. The molecule has 0 aliphatic rings. The van der Waals surface area contributed by atoms with E-state index >= 15 is 0 Å². The van der Waals surface area contributed by atoms with Gasteiger partial charge in [-0.3, -0.25) is 0 Å². The molecule has 0 aromatic heterocycles. The third kappa shape index (κ3) is 8.39. The van der Waals surface area contributed by atoms with Gasteiger partial charge in [-0.25, -0.2) is 4.79 Å². The zero-order chi connectivity index (χ0) is 18.9. The Morgan fingerprint density at radius 3 is 2.32 bits per heavy atom. The molecule has 0 radical (unpaired) electrons. The average molecular weight is 351 g/mol. The molecule has 1 rings (SSSR count). The van der Waals surface area contributed by atoms with Crippen molar-refractivity contribution in [3.8, 4) is 0 Å². The molecule has 0 aliphatic carbocycles. The fraction of sp³-hybridized carbons (Fsp3) is 0.556. The lowest BCUT2D eigenvalue weighted by molar-refractivity contribution is -0.252. The van der Waals surface area contributed by atoms with Crippen LogP contribution in [0.25, 0.3) is 0 Å². The van der Waals surface area contributed by atoms with Crippen molar-refractivity contribution in [2.45, 2.75) is 52.3 Å². The van der Waals surface area contributed by atoms with E-state index < -0.39 is 18.2 Å². The highest BCUT2D eigenvalue weighted by atomic mass is 16.5. The summed E-state index contributed by atoms with van der Waals surface area (Å²) in [5.41, 5.74) is 0.635. The van der Waals surface area contributed by atoms with Gasteiger partial charge in [0, 0.05) is 6.04 Å². The Balaban J connectivity index is 2.54. The highest BCUT2D eigenvalue weighted by molar-refractivity contribution is 5.67. The summed E-state index contributed by atoms with van der Waals surface area (Å²) in [4.78, 5) is 22.6. The molecular formula is C18H27N2O5-. The minimum absolute atomic E-state index is 0.176. The number of hydrogen-bond donors (Lipinski definition) is 3. The van der Waals surface area contributed by atoms with Gasteiger partial charge in [0.05, 0.1) is 12.6 Å². The van der Waals surface area contributed by atoms with Crippen LogP contribution in [0.5, 0.6) is 0 Å². The van der Waals surface area contributed by atoms with Crippen molar-refractivity contribution in [3.63, 3.8) is 0 Å². The lowest BCUT2D eigenvalue weighted by Crippen LogP contribution is -2.48. The quantitative estimate of drug-likeness (QED) is 0.656. The van der Waals surface area contributed by atoms with Crippen LogP contribution < -0.4 is 15.7 Å². The van der Waals surface area contributed by atoms with E-state index in [1.807, 2.05) is 51.1 Å². The highest BCUT2D eigenvalue weighted by Crippen LogP contribution is 2.23. The molecule has 25 heavy (non-hydrogen) atoms. The predicted molar refractivity (Wildman–Crippen MR) is 91.6 cm³/mol. The molecule has 3 N–H and O–H groups in total. The first-order valence-corrected chi connectivity index (χ1v) is 8.28. The van der Waals surface area contributed by atoms with Crippen LogP contribution in [0.1, 0.15) is 39.2 Å². The minimum Gasteiger partial charge on any atom is -0.530 e. The van der Waals surface area contributed by atoms with Gasteiger partial charge in [-0.15, -0.1) is 0 Å². The van der Waals surface area contributed by atoms with Crippen LogP contribution in [0.15, 0.2) is 30.3 Å². The van der Waals surface area contributed by atoms with Crippen molar-refractivity contribution in [1.29, 1.82) is 0 Å². The number of carbonyl (C=O) groups is 2. The fourth-order valence-corrected chi connectivity index (χ4v) is 2.37. The third-order valence-electron chi connectivity index (χ3n) is 3.90. The fourth-order valence-electron chi connectivity index (χ4n) is 2.37. The Morgan fingerprint density at radius 2 is 1.80 bits per heavy atom. The summed E-state index contributed by atoms with van der Waals surface area (Å²) in [6.45, 7) is 5.75. The van der Waals surface area contributed by atoms with Gasteiger partial charge >= 0.3 is 6.09 Å². The standard InChI is InChI=1S/C18H28N2O5/c1-18(2,3)15(10-9-14(11-21)19-16(22)23)20-17(24)25-12-13-7-5-4-6-8-13/h4-8,14-15,19,21H,9-12H2,1-3H3,(H,20,24)(H,22,23)/p-1. The van der Waals surface area contributed by atoms with Gasteiger partial charge in [0.25, 0.3) is 0 Å². The Morgan fingerprint density at radius 1 is 1.16 bits per heavy atom. The first-order chi connectivity index (χ1) is 11.7. The summed E-state index contributed by atoms with van der Waals surface area (Å²) in [5, 5.41) is 24.8. The molecule has 0 spiro atoms. The van der Waals surface area contributed by atoms with E-state index in [0.717, 1.165) is 5.56 Å². The van der Waals surface area contributed by atoms with E-state index in [9.17, 15) is 19.8 Å². The number of hydrogen-bond acceptors (Lipinski definition) is 5. The molecule has 0 saturated carbocycles. The SMILES string of the molecule is CC(C)(C)C(CCC(CO)NC(=O)[O-])NC(=O)OCc1ccccc1. The number of benzene rings is 1. The van der Waals surface area contributed by atoms with E-state index in [-0.39, 0.29) is 24.7 Å². The van der Waals surface area contributed by atoms with Gasteiger partial charge in [0.2, 0.25) is 0 Å². The number of alkyl carbamates (subject to hydrolysis) is 1. The Bertz CT molecular complexity index is 542. The van der Waals surface area contributed by atoms with Crippen LogP contribution in [0, 0.1) is 5.41 Å². The minimum atomic E-state index is -1.43. The second-order valence-corrected chi connectivity index (χ2v) is 7.01. The molecule has 2 amide bonds. The number of ether oxygens (including phenoxy) is 1. The maximum atomic E-state index is 12.1. The third-order valence-corrected chi connectivity index (χ3v) is 3.90. The van der Waals surface area contributed by atoms with Crippen LogP contribution in [-0.4, -0.2) is 36.0 Å². The second kappa shape index (κ2) is 9.88. The molecule has 1 aromatic rings. The van der Waals surface area contributed by atoms with Crippen LogP contribution in [0.2, 0.25) is 0 Å². The summed E-state index contributed by atoms with van der Waals surface area (Å²) in [5.74, 6) is 0. The zero-order valence-corrected chi connectivity index (χ0v) is 15.0. The van der Waals surface area contributed by atoms with E-state index in [4.69, 9.17) is 4.74 Å². The van der Waals surface area contributed by atoms with Crippen LogP contribution in [0.4, 0.5) is 9.59 Å². The van der Waals surface area contributed by atoms with Gasteiger partial charge < -0.3 is 30.4 Å². The van der Waals surface area contributed by atoms with E-state index in [1.54, 1.807) is 0 Å². The smallest absolute Gasteiger partial charge is 0.407 e. The van der Waals surface area contributed by atoms with Crippen LogP contribution in [-0.2, 0) is 11.3 Å². The lowest BCUT2D eigenvalue weighted by atomic mass is 9.83. The zero-order valence-electron chi connectivity index (χ0n) is 15.0. The predicted octanol–water partition coefficient (Wildman–Crippen LogP) is 1.40. The molecule has 0 aliphatic heterocycles. The van der Waals surface area contributed by atoms with Crippen molar-refractivity contribution < 1.29 is 24.5 Å². The number of carboxylic acid groups (broad SMARTS) is 1. The molecule has 140 valence electrons. The lowest BCUT2D eigenvalue weighted by Gasteiger charge is -2.32. The van der Waals surface area contributed by atoms with E-state index in [1.165, 1.54) is 0 Å². The molecule has 2 unspecified atom stereocenters. The summed E-state index contributed by atoms with van der Waals surface area (Å²) in [7, 11) is 0. The van der Waals surface area contributed by atoms with E-state index in [2.05, 4.69) is 10.6 Å². The first kappa shape index (κ1) is 20.8. The normalized spacial score (nSPS) is 13.6. The Kier molecular flexibility index (Phi) is 8.21. The summed E-state index contributed by atoms with van der Waals surface area (Å²) < 4.78 is 5.23. The van der Waals surface area contributed by atoms with Crippen molar-refractivity contribution in [2.75, 3.05) is 6.61 Å². The number of nitrogens with one attached hydrogen (secondary N) is 2. The van der Waals surface area contributed by atoms with Gasteiger partial charge in [-0.1, -0.05) is 51.1 Å². The Hall–Kier alpha value is -2.28. The number of aliphatic hydroxyl groups is 1. The largest absolute Gasteiger partial charge is 0.530 e. The van der Waals surface area contributed by atoms with Crippen molar-refractivity contribution in [2.24, 2.45) is 5.41 Å². The molecule has 0 heterocycles. The van der Waals surface area contributed by atoms with E-state index in [0.29, 0.717) is 12.8 Å². The van der Waals surface area contributed by atoms with Gasteiger partial charge in [-0.2, -0.15) is 0 Å². The van der Waals surface area contributed by atoms with Crippen molar-refractivity contribution in [3.05, 3.63) is 35.9 Å². The maximum Gasteiger partial charge on any atom is 0.407 e. The van der Waals surface area contributed by atoms with Crippen molar-refractivity contribution in [1.82, 2.24) is 10.6 Å². The highest BCUT2D eigenvalue weighted by Gasteiger charge is 2.27. The topological polar surface area (TPSA) is 111 Å². The first-order valence-electron chi connectivity index (χ1n) is 8.28. The molecule has 7 heteroatoms. The van der Waals surface area contributed by atoms with Gasteiger partial charge in [-0.05, 0) is 23.8 Å². The molecule has 2 atom stereocenters. The molecular weight excluding hydrogens is 324 g/mol. The summed E-state index contributed by atoms with van der Waals surface area (Å²) >= 11 is 0. The maximum absolute atomic E-state index is 12.1. The molecule has 0 saturated heterocycles. The summed E-state index contributed by atoms with van der Waals surface area (Å²) in [6.07, 6.45) is -1.11. The average Bonchev–Trinajstić information content (AvgIpc) is 2.55. The van der Waals surface area contributed by atoms with Crippen LogP contribution >= 0.6 is 0 Å². The number of aliphatic hydroxyl groups excluding tert-OH is 1. The number of carbonyl (C=O) groups excluding carboxylic acids is 2. The van der Waals surface area contributed by atoms with Crippen molar-refractivity contribution >= 4 is 12.2 Å².